The fraction of sp³-hybridized carbons (Fsp3) is 0.250. The maximum Gasteiger partial charge on any atom is 0.353 e. The van der Waals surface area contributed by atoms with Crippen molar-refractivity contribution >= 4 is 63.4 Å². The van der Waals surface area contributed by atoms with Gasteiger partial charge >= 0.3 is 5.97 Å². The van der Waals surface area contributed by atoms with Crippen molar-refractivity contribution in [3.8, 4) is 0 Å². The highest BCUT2D eigenvalue weighted by Gasteiger charge is 2.54. The molecule has 0 bridgehead atoms. The van der Waals surface area contributed by atoms with Crippen molar-refractivity contribution < 1.29 is 24.3 Å². The van der Waals surface area contributed by atoms with Crippen molar-refractivity contribution in [3.05, 3.63) is 21.8 Å². The van der Waals surface area contributed by atoms with Crippen LogP contribution in [0, 0.1) is 0 Å². The van der Waals surface area contributed by atoms with E-state index in [0.29, 0.717) is 0 Å². The number of fused-ring (bicyclic) bond motifs is 1. The summed E-state index contributed by atoms with van der Waals surface area (Å²) in [5, 5.41) is 12.4. The van der Waals surface area contributed by atoms with Gasteiger partial charge in [0.1, 0.15) is 22.8 Å². The van der Waals surface area contributed by atoms with Gasteiger partial charge in [-0.2, -0.15) is 0 Å². The maximum absolute atomic E-state index is 12.2. The highest BCUT2D eigenvalue weighted by atomic mass is 35.5. The number of β-lactam (4-membered cyclic amide) rings is 1. The Morgan fingerprint density at radius 1 is 1.46 bits per heavy atom. The van der Waals surface area contributed by atoms with Crippen molar-refractivity contribution in [1.82, 2.24) is 15.2 Å². The Bertz CT molecular complexity index is 807. The first-order valence-electron chi connectivity index (χ1n) is 6.44. The average molecular weight is 389 g/mol. The Kier molecular flexibility index (Phi) is 4.24. The molecule has 0 saturated carbocycles. The first kappa shape index (κ1) is 16.7. The molecule has 126 valence electrons. The molecule has 2 aliphatic rings. The molecular formula is C12H9ClN4O5S2. The summed E-state index contributed by atoms with van der Waals surface area (Å²) in [6, 6.07) is -0.999. The summed E-state index contributed by atoms with van der Waals surface area (Å²) < 4.78 is 0. The molecule has 0 radical (unpaired) electrons. The second-order valence-corrected chi connectivity index (χ2v) is 7.27. The van der Waals surface area contributed by atoms with Crippen molar-refractivity contribution in [2.75, 3.05) is 11.5 Å². The lowest BCUT2D eigenvalue weighted by atomic mass is 10.0. The van der Waals surface area contributed by atoms with E-state index in [1.165, 1.54) is 17.1 Å². The molecule has 12 heteroatoms. The number of rotatable bonds is 4. The highest BCUT2D eigenvalue weighted by Crippen LogP contribution is 2.41. The third-order valence-electron chi connectivity index (χ3n) is 3.37. The topological polar surface area (TPSA) is 143 Å². The summed E-state index contributed by atoms with van der Waals surface area (Å²) in [6.07, 6.45) is 0. The summed E-state index contributed by atoms with van der Waals surface area (Å²) in [5.41, 5.74) is 5.00. The number of nitrogens with two attached hydrogens (primary N) is 1. The molecule has 0 spiro atoms. The van der Waals surface area contributed by atoms with E-state index >= 15 is 0 Å². The Morgan fingerprint density at radius 2 is 2.17 bits per heavy atom. The highest BCUT2D eigenvalue weighted by molar-refractivity contribution is 8.00. The van der Waals surface area contributed by atoms with Crippen molar-refractivity contribution in [1.29, 1.82) is 0 Å². The molecule has 3 rings (SSSR count). The van der Waals surface area contributed by atoms with Crippen LogP contribution in [0.1, 0.15) is 10.5 Å². The number of carbonyl (C=O) groups excluding carboxylic acids is 3. The fourth-order valence-corrected chi connectivity index (χ4v) is 4.39. The number of nitrogen functional groups attached to an aromatic ring is 1. The van der Waals surface area contributed by atoms with Crippen LogP contribution < -0.4 is 11.1 Å². The van der Waals surface area contributed by atoms with Crippen LogP contribution in [-0.2, 0) is 14.4 Å². The summed E-state index contributed by atoms with van der Waals surface area (Å²) in [5.74, 6) is -3.68. The first-order chi connectivity index (χ1) is 11.3. The summed E-state index contributed by atoms with van der Waals surface area (Å²) in [6.45, 7) is 0. The van der Waals surface area contributed by atoms with Gasteiger partial charge in [-0.05, 0) is 0 Å². The lowest BCUT2D eigenvalue weighted by molar-refractivity contribution is -0.150. The number of nitrogens with one attached hydrogen (secondary N) is 1. The lowest BCUT2D eigenvalue weighted by Gasteiger charge is -2.48. The van der Waals surface area contributed by atoms with Crippen LogP contribution >= 0.6 is 34.7 Å². The summed E-state index contributed by atoms with van der Waals surface area (Å²) in [7, 11) is 0. The van der Waals surface area contributed by atoms with Crippen LogP contribution in [0.15, 0.2) is 16.1 Å². The fourth-order valence-electron chi connectivity index (χ4n) is 2.30. The molecule has 0 aromatic carbocycles. The minimum Gasteiger partial charge on any atom is -0.477 e. The average Bonchev–Trinajstić information content (AvgIpc) is 2.97. The standard InChI is InChI=1S/C12H9ClN4O5S2/c13-3-1-23-10-5(9(20)17(10)6(3)11(21)22)16-8(19)7(18)4-2-24-12(14)15-4/h2,5,10H,1H2,(H2,14,15)(H,16,19)(H,21,22)/t5?,10-/m0/s1. The molecule has 4 N–H and O–H groups in total. The van der Waals surface area contributed by atoms with E-state index in [2.05, 4.69) is 10.3 Å². The van der Waals surface area contributed by atoms with E-state index < -0.39 is 35.0 Å². The molecule has 2 aliphatic heterocycles. The van der Waals surface area contributed by atoms with E-state index in [0.717, 1.165) is 16.2 Å². The van der Waals surface area contributed by atoms with Crippen LogP contribution in [0.4, 0.5) is 5.13 Å². The number of ketones is 1. The first-order valence-corrected chi connectivity index (χ1v) is 8.74. The second-order valence-electron chi connectivity index (χ2n) is 4.82. The van der Waals surface area contributed by atoms with Crippen molar-refractivity contribution in [3.63, 3.8) is 0 Å². The van der Waals surface area contributed by atoms with Gasteiger partial charge in [-0.3, -0.25) is 19.3 Å². The van der Waals surface area contributed by atoms with Gasteiger partial charge in [0, 0.05) is 11.1 Å². The van der Waals surface area contributed by atoms with Gasteiger partial charge < -0.3 is 16.2 Å². The van der Waals surface area contributed by atoms with Gasteiger partial charge in [-0.15, -0.1) is 23.1 Å². The molecule has 24 heavy (non-hydrogen) atoms. The molecule has 1 aromatic heterocycles. The molecule has 9 nitrogen and oxygen atoms in total. The van der Waals surface area contributed by atoms with Gasteiger partial charge in [0.2, 0.25) is 0 Å². The molecule has 1 saturated heterocycles. The Hall–Kier alpha value is -2.11. The summed E-state index contributed by atoms with van der Waals surface area (Å²) >= 11 is 8.06. The molecule has 1 aromatic rings. The van der Waals surface area contributed by atoms with Crippen LogP contribution in [0.3, 0.4) is 0 Å². The number of carbonyl (C=O) groups is 4. The number of anilines is 1. The van der Waals surface area contributed by atoms with Crippen molar-refractivity contribution in [2.24, 2.45) is 0 Å². The van der Waals surface area contributed by atoms with Crippen LogP contribution in [0.2, 0.25) is 0 Å². The Labute approximate surface area is 147 Å². The van der Waals surface area contributed by atoms with E-state index in [4.69, 9.17) is 22.4 Å². The molecular weight excluding hydrogens is 380 g/mol. The third kappa shape index (κ3) is 2.64. The Balaban J connectivity index is 1.72. The number of carboxylic acids is 1. The monoisotopic (exact) mass is 388 g/mol. The van der Waals surface area contributed by atoms with Crippen LogP contribution in [0.5, 0.6) is 0 Å². The quantitative estimate of drug-likeness (QED) is 0.367. The van der Waals surface area contributed by atoms with Gasteiger partial charge in [-0.25, -0.2) is 9.78 Å². The number of aliphatic carboxylic acids is 1. The second kappa shape index (κ2) is 6.07. The van der Waals surface area contributed by atoms with E-state index in [1.54, 1.807) is 0 Å². The number of thiazole rings is 1. The SMILES string of the molecule is Nc1nc(C(=O)C(=O)NC2C(=O)N3C(C(=O)O)=C(Cl)CS[C@@H]23)cs1. The summed E-state index contributed by atoms with van der Waals surface area (Å²) in [4.78, 5) is 52.0. The van der Waals surface area contributed by atoms with Crippen LogP contribution in [0.25, 0.3) is 0 Å². The molecule has 2 amide bonds. The maximum atomic E-state index is 12.2. The number of nitrogens with zero attached hydrogens (tertiary/aromatic N) is 2. The molecule has 0 aliphatic carbocycles. The number of hydrogen-bond acceptors (Lipinski definition) is 8. The molecule has 3 heterocycles. The smallest absolute Gasteiger partial charge is 0.353 e. The Morgan fingerprint density at radius 3 is 2.75 bits per heavy atom. The zero-order chi connectivity index (χ0) is 17.6. The predicted molar refractivity (Wildman–Crippen MR) is 86.4 cm³/mol. The number of amides is 2. The number of carboxylic acid groups (broad SMARTS) is 1. The number of hydrogen-bond donors (Lipinski definition) is 3. The zero-order valence-electron chi connectivity index (χ0n) is 11.7. The van der Waals surface area contributed by atoms with Gasteiger partial charge in [0.15, 0.2) is 5.13 Å². The minimum atomic E-state index is -1.32. The van der Waals surface area contributed by atoms with Gasteiger partial charge in [0.25, 0.3) is 17.6 Å². The van der Waals surface area contributed by atoms with E-state index in [1.807, 2.05) is 0 Å². The van der Waals surface area contributed by atoms with Gasteiger partial charge in [0.05, 0.1) is 5.03 Å². The number of halogens is 1. The normalized spacial score (nSPS) is 22.7. The zero-order valence-corrected chi connectivity index (χ0v) is 14.1. The third-order valence-corrected chi connectivity index (χ3v) is 5.80. The molecule has 2 atom stereocenters. The van der Waals surface area contributed by atoms with E-state index in [9.17, 15) is 19.2 Å². The number of thioether (sulfide) groups is 1. The molecule has 1 fully saturated rings. The van der Waals surface area contributed by atoms with Gasteiger partial charge in [-0.1, -0.05) is 11.6 Å². The number of aromatic nitrogens is 1. The van der Waals surface area contributed by atoms with E-state index in [-0.39, 0.29) is 27.3 Å². The molecule has 1 unspecified atom stereocenters. The largest absolute Gasteiger partial charge is 0.477 e. The lowest BCUT2D eigenvalue weighted by Crippen LogP contribution is -2.70. The van der Waals surface area contributed by atoms with Crippen molar-refractivity contribution in [2.45, 2.75) is 11.4 Å². The minimum absolute atomic E-state index is 0.0518. The number of Topliss-reactive ketones (excluding diaryl/α,β-unsaturated/α-hetero) is 1. The van der Waals surface area contributed by atoms with Crippen LogP contribution in [-0.4, -0.2) is 55.7 Å². The predicted octanol–water partition coefficient (Wildman–Crippen LogP) is -0.157.